The van der Waals surface area contributed by atoms with Gasteiger partial charge >= 0.3 is 0 Å². The fourth-order valence-corrected chi connectivity index (χ4v) is 3.75. The molecule has 1 saturated heterocycles. The van der Waals surface area contributed by atoms with Crippen molar-refractivity contribution in [2.75, 3.05) is 24.1 Å². The molecule has 0 bridgehead atoms. The van der Waals surface area contributed by atoms with Gasteiger partial charge < -0.3 is 21.7 Å². The van der Waals surface area contributed by atoms with E-state index in [2.05, 4.69) is 25.9 Å². The minimum atomic E-state index is -0.655. The molecule has 2 amide bonds. The summed E-state index contributed by atoms with van der Waals surface area (Å²) in [5, 5.41) is 8.82. The molecule has 0 radical (unpaired) electrons. The highest BCUT2D eigenvalue weighted by atomic mass is 19.1. The third-order valence-corrected chi connectivity index (χ3v) is 5.45. The summed E-state index contributed by atoms with van der Waals surface area (Å²) in [5.74, 6) is -2.16. The summed E-state index contributed by atoms with van der Waals surface area (Å²) >= 11 is 0. The van der Waals surface area contributed by atoms with Gasteiger partial charge in [-0.25, -0.2) is 18.7 Å². The molecule has 5 N–H and O–H groups in total. The molecule has 0 aliphatic carbocycles. The number of hydrogen-bond donors (Lipinski definition) is 4. The number of anilines is 2. The van der Waals surface area contributed by atoms with Crippen molar-refractivity contribution in [3.8, 4) is 11.3 Å². The summed E-state index contributed by atoms with van der Waals surface area (Å²) in [6.45, 7) is 1.61. The Balaban J connectivity index is 1.48. The van der Waals surface area contributed by atoms with E-state index in [1.165, 1.54) is 6.20 Å². The van der Waals surface area contributed by atoms with Crippen LogP contribution in [-0.4, -0.2) is 40.9 Å². The molecular formula is C24H24F2N6O2. The predicted octanol–water partition coefficient (Wildman–Crippen LogP) is 2.67. The monoisotopic (exact) mass is 466 g/mol. The molecule has 2 heterocycles. The second-order valence-electron chi connectivity index (χ2n) is 8.05. The Morgan fingerprint density at radius 3 is 2.82 bits per heavy atom. The fourth-order valence-electron chi connectivity index (χ4n) is 3.75. The van der Waals surface area contributed by atoms with Crippen molar-refractivity contribution in [3.63, 3.8) is 0 Å². The second-order valence-corrected chi connectivity index (χ2v) is 8.05. The van der Waals surface area contributed by atoms with Crippen LogP contribution in [0.4, 0.5) is 20.3 Å². The van der Waals surface area contributed by atoms with Crippen LogP contribution < -0.4 is 21.7 Å². The minimum absolute atomic E-state index is 0.00688. The van der Waals surface area contributed by atoms with Gasteiger partial charge in [0, 0.05) is 29.4 Å². The second kappa shape index (κ2) is 10.3. The summed E-state index contributed by atoms with van der Waals surface area (Å²) in [4.78, 5) is 33.6. The van der Waals surface area contributed by atoms with Crippen molar-refractivity contribution in [1.82, 2.24) is 20.6 Å². The van der Waals surface area contributed by atoms with Gasteiger partial charge in [0.2, 0.25) is 5.91 Å². The van der Waals surface area contributed by atoms with Crippen LogP contribution in [0.1, 0.15) is 28.9 Å². The van der Waals surface area contributed by atoms with Gasteiger partial charge in [0.25, 0.3) is 5.91 Å². The first-order valence-corrected chi connectivity index (χ1v) is 10.9. The van der Waals surface area contributed by atoms with Crippen molar-refractivity contribution < 1.29 is 18.4 Å². The van der Waals surface area contributed by atoms with Crippen molar-refractivity contribution in [3.05, 3.63) is 71.6 Å². The number of benzene rings is 2. The lowest BCUT2D eigenvalue weighted by Crippen LogP contribution is -2.46. The molecule has 0 spiro atoms. The highest BCUT2D eigenvalue weighted by molar-refractivity contribution is 5.97. The lowest BCUT2D eigenvalue weighted by molar-refractivity contribution is -0.115. The topological polar surface area (TPSA) is 122 Å². The van der Waals surface area contributed by atoms with Crippen LogP contribution in [0.5, 0.6) is 0 Å². The molecule has 4 rings (SSSR count). The Morgan fingerprint density at radius 1 is 1.18 bits per heavy atom. The van der Waals surface area contributed by atoms with Crippen molar-refractivity contribution >= 4 is 23.3 Å². The smallest absolute Gasteiger partial charge is 0.274 e. The number of piperidine rings is 1. The molecular weight excluding hydrogens is 442 g/mol. The maximum absolute atomic E-state index is 13.8. The van der Waals surface area contributed by atoms with Crippen LogP contribution in [0.25, 0.3) is 11.3 Å². The fraction of sp³-hybridized carbons (Fsp3) is 0.250. The molecule has 1 atom stereocenters. The van der Waals surface area contributed by atoms with Gasteiger partial charge in [-0.15, -0.1) is 0 Å². The predicted molar refractivity (Wildman–Crippen MR) is 124 cm³/mol. The van der Waals surface area contributed by atoms with E-state index in [1.807, 2.05) is 0 Å². The zero-order chi connectivity index (χ0) is 24.1. The number of hydrogen-bond acceptors (Lipinski definition) is 6. The number of rotatable bonds is 6. The zero-order valence-corrected chi connectivity index (χ0v) is 18.3. The molecule has 1 aromatic heterocycles. The maximum Gasteiger partial charge on any atom is 0.274 e. The SMILES string of the molecule is Nc1ncc(-c2cccc(NC(=O)Cc3cc(F)ccc3F)c2)nc1C(=O)NC1CCCNC1. The minimum Gasteiger partial charge on any atom is -0.382 e. The number of nitrogens with zero attached hydrogens (tertiary/aromatic N) is 2. The number of carbonyl (C=O) groups excluding carboxylic acids is 2. The van der Waals surface area contributed by atoms with Crippen LogP contribution in [0, 0.1) is 11.6 Å². The first-order chi connectivity index (χ1) is 16.4. The number of nitrogens with one attached hydrogen (secondary N) is 3. The summed E-state index contributed by atoms with van der Waals surface area (Å²) < 4.78 is 27.2. The highest BCUT2D eigenvalue weighted by Gasteiger charge is 2.20. The Morgan fingerprint density at radius 2 is 2.03 bits per heavy atom. The Bertz CT molecular complexity index is 1210. The van der Waals surface area contributed by atoms with Crippen LogP contribution in [-0.2, 0) is 11.2 Å². The molecule has 2 aromatic carbocycles. The van der Waals surface area contributed by atoms with Gasteiger partial charge in [0.05, 0.1) is 18.3 Å². The molecule has 1 unspecified atom stereocenters. The first-order valence-electron chi connectivity index (χ1n) is 10.9. The quantitative estimate of drug-likeness (QED) is 0.443. The van der Waals surface area contributed by atoms with Gasteiger partial charge in [-0.3, -0.25) is 9.59 Å². The highest BCUT2D eigenvalue weighted by Crippen LogP contribution is 2.22. The van der Waals surface area contributed by atoms with E-state index < -0.39 is 23.4 Å². The summed E-state index contributed by atoms with van der Waals surface area (Å²) in [6.07, 6.45) is 2.96. The molecule has 3 aromatic rings. The largest absolute Gasteiger partial charge is 0.382 e. The standard InChI is InChI=1S/C24H24F2N6O2/c25-16-6-7-19(26)15(9-16)11-21(33)30-17-4-1-3-14(10-17)20-13-29-23(27)22(32-20)24(34)31-18-5-2-8-28-12-18/h1,3-4,6-7,9-10,13,18,28H,2,5,8,11-12H2,(H2,27,29)(H,30,33)(H,31,34). The average molecular weight is 466 g/mol. The summed E-state index contributed by atoms with van der Waals surface area (Å²) in [5.41, 5.74) is 7.31. The van der Waals surface area contributed by atoms with Gasteiger partial charge in [-0.05, 0) is 49.7 Å². The van der Waals surface area contributed by atoms with Crippen molar-refractivity contribution in [1.29, 1.82) is 0 Å². The Hall–Kier alpha value is -3.92. The van der Waals surface area contributed by atoms with E-state index in [1.54, 1.807) is 24.3 Å². The summed E-state index contributed by atoms with van der Waals surface area (Å²) in [7, 11) is 0. The van der Waals surface area contributed by atoms with E-state index in [0.717, 1.165) is 37.6 Å². The molecule has 8 nitrogen and oxygen atoms in total. The van der Waals surface area contributed by atoms with E-state index in [9.17, 15) is 18.4 Å². The van der Waals surface area contributed by atoms with E-state index in [0.29, 0.717) is 23.5 Å². The lowest BCUT2D eigenvalue weighted by atomic mass is 10.1. The number of aromatic nitrogens is 2. The molecule has 1 aliphatic heterocycles. The van der Waals surface area contributed by atoms with Gasteiger partial charge in [0.1, 0.15) is 11.6 Å². The summed E-state index contributed by atoms with van der Waals surface area (Å²) in [6, 6.07) is 9.70. The molecule has 34 heavy (non-hydrogen) atoms. The van der Waals surface area contributed by atoms with Crippen LogP contribution in [0.3, 0.4) is 0 Å². The lowest BCUT2D eigenvalue weighted by Gasteiger charge is -2.23. The third kappa shape index (κ3) is 5.70. The zero-order valence-electron chi connectivity index (χ0n) is 18.3. The van der Waals surface area contributed by atoms with E-state index in [-0.39, 0.29) is 29.5 Å². The molecule has 176 valence electrons. The van der Waals surface area contributed by atoms with Gasteiger partial charge in [0.15, 0.2) is 11.5 Å². The molecule has 1 fully saturated rings. The van der Waals surface area contributed by atoms with Crippen molar-refractivity contribution in [2.45, 2.75) is 25.3 Å². The third-order valence-electron chi connectivity index (χ3n) is 5.45. The maximum atomic E-state index is 13.8. The normalized spacial score (nSPS) is 15.5. The van der Waals surface area contributed by atoms with Gasteiger partial charge in [-0.2, -0.15) is 0 Å². The Labute approximate surface area is 195 Å². The molecule has 1 aliphatic rings. The van der Waals surface area contributed by atoms with Crippen molar-refractivity contribution in [2.24, 2.45) is 0 Å². The number of amides is 2. The van der Waals surface area contributed by atoms with Crippen LogP contribution in [0.2, 0.25) is 0 Å². The Kier molecular flexibility index (Phi) is 7.07. The first kappa shape index (κ1) is 23.2. The van der Waals surface area contributed by atoms with Crippen LogP contribution >= 0.6 is 0 Å². The molecule has 0 saturated carbocycles. The average Bonchev–Trinajstić information content (AvgIpc) is 2.82. The van der Waals surface area contributed by atoms with E-state index >= 15 is 0 Å². The number of nitrogens with two attached hydrogens (primary N) is 1. The number of halogens is 2. The van der Waals surface area contributed by atoms with Gasteiger partial charge in [-0.1, -0.05) is 12.1 Å². The number of nitrogen functional groups attached to an aromatic ring is 1. The number of carbonyl (C=O) groups is 2. The molecule has 10 heteroatoms. The van der Waals surface area contributed by atoms with E-state index in [4.69, 9.17) is 5.73 Å². The van der Waals surface area contributed by atoms with Crippen LogP contribution in [0.15, 0.2) is 48.7 Å².